The fraction of sp³-hybridized carbons (Fsp3) is 0.152. The number of aromatic nitrogens is 2. The summed E-state index contributed by atoms with van der Waals surface area (Å²) in [6, 6.07) is 30.7. The van der Waals surface area contributed by atoms with Crippen LogP contribution in [-0.2, 0) is 0 Å². The van der Waals surface area contributed by atoms with Crippen molar-refractivity contribution in [3.05, 3.63) is 136 Å². The number of rotatable bonds is 8. The fourth-order valence-corrected chi connectivity index (χ4v) is 6.79. The van der Waals surface area contributed by atoms with Gasteiger partial charge in [-0.1, -0.05) is 23.9 Å². The number of ether oxygens (including phenoxy) is 1. The molecule has 1 fully saturated rings. The van der Waals surface area contributed by atoms with E-state index in [0.29, 0.717) is 5.11 Å². The Morgan fingerprint density at radius 1 is 0.930 bits per heavy atom. The van der Waals surface area contributed by atoms with E-state index in [0.717, 1.165) is 49.6 Å². The maximum absolute atomic E-state index is 11.0. The molecule has 0 spiro atoms. The number of nitrogens with one attached hydrogen (secondary N) is 1. The minimum atomic E-state index is -0.390. The van der Waals surface area contributed by atoms with E-state index in [9.17, 15) is 10.1 Å². The van der Waals surface area contributed by atoms with Crippen LogP contribution in [0.15, 0.2) is 113 Å². The van der Waals surface area contributed by atoms with Gasteiger partial charge in [-0.15, -0.1) is 0 Å². The predicted octanol–water partition coefficient (Wildman–Crippen LogP) is 7.73. The number of benzene rings is 3. The standard InChI is InChI=1S/C33H29N5O3S2/c1-21-19-29(22(2)36(21)25-7-6-8-26(20-25)41-3)32-31(30-9-4-5-18-34-30)35-33(42)37(32)23-10-14-27(15-11-23)43-28-16-12-24(13-17-28)38(39)40/h4-20,31-32H,1-3H3,(H,35,42)/t31-,32-/m1/s1. The highest BCUT2D eigenvalue weighted by Gasteiger charge is 2.42. The zero-order valence-corrected chi connectivity index (χ0v) is 25.4. The molecule has 1 saturated heterocycles. The summed E-state index contributed by atoms with van der Waals surface area (Å²) in [5.41, 5.74) is 6.34. The van der Waals surface area contributed by atoms with Gasteiger partial charge in [-0.2, -0.15) is 0 Å². The van der Waals surface area contributed by atoms with Crippen molar-refractivity contribution < 1.29 is 9.66 Å². The molecular weight excluding hydrogens is 579 g/mol. The third-order valence-corrected chi connectivity index (χ3v) is 8.93. The summed E-state index contributed by atoms with van der Waals surface area (Å²) in [5.74, 6) is 0.801. The Labute approximate surface area is 259 Å². The highest BCUT2D eigenvalue weighted by atomic mass is 32.2. The summed E-state index contributed by atoms with van der Waals surface area (Å²) >= 11 is 7.51. The van der Waals surface area contributed by atoms with Crippen molar-refractivity contribution in [2.24, 2.45) is 0 Å². The molecule has 3 aromatic carbocycles. The van der Waals surface area contributed by atoms with Gasteiger partial charge in [0.15, 0.2) is 5.11 Å². The topological polar surface area (TPSA) is 85.5 Å². The molecule has 0 bridgehead atoms. The van der Waals surface area contributed by atoms with E-state index in [1.165, 1.54) is 12.1 Å². The fourth-order valence-electron chi connectivity index (χ4n) is 5.63. The number of aryl methyl sites for hydroxylation is 1. The van der Waals surface area contributed by atoms with E-state index >= 15 is 0 Å². The molecule has 1 N–H and O–H groups in total. The van der Waals surface area contributed by atoms with E-state index < -0.39 is 0 Å². The molecule has 0 radical (unpaired) electrons. The monoisotopic (exact) mass is 607 g/mol. The molecular formula is C33H29N5O3S2. The Kier molecular flexibility index (Phi) is 7.88. The van der Waals surface area contributed by atoms with E-state index in [4.69, 9.17) is 21.9 Å². The smallest absolute Gasteiger partial charge is 0.269 e. The molecule has 5 aromatic rings. The second-order valence-corrected chi connectivity index (χ2v) is 11.7. The molecule has 43 heavy (non-hydrogen) atoms. The van der Waals surface area contributed by atoms with Gasteiger partial charge in [-0.3, -0.25) is 15.1 Å². The van der Waals surface area contributed by atoms with Crippen LogP contribution >= 0.6 is 24.0 Å². The highest BCUT2D eigenvalue weighted by molar-refractivity contribution is 7.99. The Morgan fingerprint density at radius 2 is 1.65 bits per heavy atom. The molecule has 8 nitrogen and oxygen atoms in total. The van der Waals surface area contributed by atoms with Crippen LogP contribution in [-0.4, -0.2) is 26.7 Å². The maximum Gasteiger partial charge on any atom is 0.269 e. The zero-order valence-electron chi connectivity index (χ0n) is 23.8. The van der Waals surface area contributed by atoms with Gasteiger partial charge in [0.05, 0.1) is 29.8 Å². The van der Waals surface area contributed by atoms with Gasteiger partial charge in [0.2, 0.25) is 0 Å². The molecule has 2 aromatic heterocycles. The van der Waals surface area contributed by atoms with Crippen LogP contribution in [0.3, 0.4) is 0 Å². The number of methoxy groups -OCH3 is 1. The molecule has 1 aliphatic rings. The largest absolute Gasteiger partial charge is 0.497 e. The molecule has 3 heterocycles. The number of non-ortho nitro benzene ring substituents is 1. The Balaban J connectivity index is 1.37. The normalized spacial score (nSPS) is 16.3. The number of nitro benzene ring substituents is 1. The van der Waals surface area contributed by atoms with Gasteiger partial charge in [0, 0.05) is 56.9 Å². The summed E-state index contributed by atoms with van der Waals surface area (Å²) in [7, 11) is 1.68. The van der Waals surface area contributed by atoms with E-state index in [2.05, 4.69) is 65.0 Å². The van der Waals surface area contributed by atoms with Gasteiger partial charge in [-0.05, 0) is 98.4 Å². The lowest BCUT2D eigenvalue weighted by atomic mass is 9.96. The van der Waals surface area contributed by atoms with Crippen LogP contribution in [0.4, 0.5) is 11.4 Å². The van der Waals surface area contributed by atoms with Crippen LogP contribution in [0, 0.1) is 24.0 Å². The molecule has 0 aliphatic carbocycles. The van der Waals surface area contributed by atoms with E-state index in [-0.39, 0.29) is 22.7 Å². The minimum absolute atomic E-state index is 0.0778. The maximum atomic E-state index is 11.0. The summed E-state index contributed by atoms with van der Waals surface area (Å²) in [6.45, 7) is 4.25. The van der Waals surface area contributed by atoms with Crippen LogP contribution in [0.25, 0.3) is 5.69 Å². The van der Waals surface area contributed by atoms with Crippen molar-refractivity contribution in [3.8, 4) is 11.4 Å². The highest BCUT2D eigenvalue weighted by Crippen LogP contribution is 2.44. The van der Waals surface area contributed by atoms with Crippen molar-refractivity contribution in [1.82, 2.24) is 14.9 Å². The molecule has 2 atom stereocenters. The lowest BCUT2D eigenvalue weighted by Crippen LogP contribution is -2.29. The van der Waals surface area contributed by atoms with Crippen LogP contribution in [0.5, 0.6) is 5.75 Å². The number of hydrogen-bond donors (Lipinski definition) is 1. The third kappa shape index (κ3) is 5.59. The van der Waals surface area contributed by atoms with Crippen LogP contribution in [0.1, 0.15) is 34.7 Å². The Morgan fingerprint density at radius 3 is 2.30 bits per heavy atom. The number of thiocarbonyl (C=S) groups is 1. The Bertz CT molecular complexity index is 1790. The zero-order chi connectivity index (χ0) is 30.1. The molecule has 10 heteroatoms. The van der Waals surface area contributed by atoms with Crippen molar-refractivity contribution in [2.75, 3.05) is 12.0 Å². The number of pyridine rings is 1. The van der Waals surface area contributed by atoms with Crippen molar-refractivity contribution >= 4 is 40.5 Å². The second-order valence-electron chi connectivity index (χ2n) is 10.2. The van der Waals surface area contributed by atoms with Crippen LogP contribution in [0.2, 0.25) is 0 Å². The first-order valence-electron chi connectivity index (χ1n) is 13.7. The molecule has 0 amide bonds. The molecule has 0 unspecified atom stereocenters. The molecule has 6 rings (SSSR count). The number of hydrogen-bond acceptors (Lipinski definition) is 6. The average Bonchev–Trinajstić information content (AvgIpc) is 3.52. The summed E-state index contributed by atoms with van der Waals surface area (Å²) < 4.78 is 7.75. The van der Waals surface area contributed by atoms with Crippen molar-refractivity contribution in [3.63, 3.8) is 0 Å². The number of nitro groups is 1. The van der Waals surface area contributed by atoms with Crippen molar-refractivity contribution in [2.45, 2.75) is 35.7 Å². The first-order chi connectivity index (χ1) is 20.8. The minimum Gasteiger partial charge on any atom is -0.497 e. The van der Waals surface area contributed by atoms with Gasteiger partial charge in [0.25, 0.3) is 5.69 Å². The summed E-state index contributed by atoms with van der Waals surface area (Å²) in [4.78, 5) is 19.4. The molecule has 216 valence electrons. The SMILES string of the molecule is COc1cccc(-n2c(C)cc([C@@H]3[C@@H](c4ccccn4)NC(=S)N3c3ccc(Sc4ccc([N+](=O)[O-])cc4)cc3)c2C)c1. The Hall–Kier alpha value is -4.67. The van der Waals surface area contributed by atoms with Gasteiger partial charge in [0.1, 0.15) is 5.75 Å². The summed E-state index contributed by atoms with van der Waals surface area (Å²) in [5, 5.41) is 15.2. The summed E-state index contributed by atoms with van der Waals surface area (Å²) in [6.07, 6.45) is 1.81. The number of nitrogens with zero attached hydrogens (tertiary/aromatic N) is 4. The third-order valence-electron chi connectivity index (χ3n) is 7.60. The van der Waals surface area contributed by atoms with Gasteiger partial charge >= 0.3 is 0 Å². The van der Waals surface area contributed by atoms with Crippen molar-refractivity contribution in [1.29, 1.82) is 0 Å². The average molecular weight is 608 g/mol. The van der Waals surface area contributed by atoms with E-state index in [1.807, 2.05) is 42.6 Å². The lowest BCUT2D eigenvalue weighted by molar-refractivity contribution is -0.384. The second kappa shape index (κ2) is 11.9. The van der Waals surface area contributed by atoms with Gasteiger partial charge < -0.3 is 19.5 Å². The van der Waals surface area contributed by atoms with E-state index in [1.54, 1.807) is 31.0 Å². The first-order valence-corrected chi connectivity index (χ1v) is 14.9. The van der Waals surface area contributed by atoms with Crippen LogP contribution < -0.4 is 15.0 Å². The molecule has 0 saturated carbocycles. The lowest BCUT2D eigenvalue weighted by Gasteiger charge is -2.28. The predicted molar refractivity (Wildman–Crippen MR) is 173 cm³/mol. The molecule has 1 aliphatic heterocycles. The van der Waals surface area contributed by atoms with Gasteiger partial charge in [-0.25, -0.2) is 0 Å². The number of anilines is 1. The quantitative estimate of drug-likeness (QED) is 0.109. The first kappa shape index (κ1) is 28.4.